The number of carbonyl (C=O) groups excluding carboxylic acids is 1. The lowest BCUT2D eigenvalue weighted by Gasteiger charge is -2.31. The van der Waals surface area contributed by atoms with Gasteiger partial charge in [0.1, 0.15) is 18.2 Å². The Labute approximate surface area is 160 Å². The van der Waals surface area contributed by atoms with Gasteiger partial charge in [-0.25, -0.2) is 0 Å². The monoisotopic (exact) mass is 363 g/mol. The van der Waals surface area contributed by atoms with E-state index < -0.39 is 0 Å². The standard InChI is InChI=1S/C23H25NO3/c1-14(2)11-24-12-18-19(26-13-24)9-16(4)21-22(25)20(27-23(18)21)10-17-7-5-6-15(3)8-17/h5-10,14H,11-13H2,1-4H3/b20-10-. The highest BCUT2D eigenvalue weighted by atomic mass is 16.5. The summed E-state index contributed by atoms with van der Waals surface area (Å²) < 4.78 is 12.1. The summed E-state index contributed by atoms with van der Waals surface area (Å²) in [5.41, 5.74) is 4.67. The summed E-state index contributed by atoms with van der Waals surface area (Å²) in [6.45, 7) is 10.6. The fourth-order valence-electron chi connectivity index (χ4n) is 3.82. The molecule has 140 valence electrons. The molecule has 2 aromatic carbocycles. The topological polar surface area (TPSA) is 38.8 Å². The molecular weight excluding hydrogens is 338 g/mol. The van der Waals surface area contributed by atoms with Crippen molar-refractivity contribution in [2.24, 2.45) is 5.92 Å². The molecular formula is C23H25NO3. The zero-order valence-electron chi connectivity index (χ0n) is 16.3. The van der Waals surface area contributed by atoms with Gasteiger partial charge in [-0.2, -0.15) is 0 Å². The molecule has 2 heterocycles. The largest absolute Gasteiger partial charge is 0.478 e. The summed E-state index contributed by atoms with van der Waals surface area (Å²) >= 11 is 0. The van der Waals surface area contributed by atoms with Crippen molar-refractivity contribution >= 4 is 11.9 Å². The maximum atomic E-state index is 13.0. The van der Waals surface area contributed by atoms with Crippen LogP contribution >= 0.6 is 0 Å². The minimum Gasteiger partial charge on any atom is -0.478 e. The minimum absolute atomic E-state index is 0.0483. The molecule has 0 radical (unpaired) electrons. The Kier molecular flexibility index (Phi) is 4.52. The zero-order valence-corrected chi connectivity index (χ0v) is 16.3. The summed E-state index contributed by atoms with van der Waals surface area (Å²) in [7, 11) is 0. The third kappa shape index (κ3) is 3.37. The van der Waals surface area contributed by atoms with Crippen molar-refractivity contribution in [1.29, 1.82) is 0 Å². The summed E-state index contributed by atoms with van der Waals surface area (Å²) in [6.07, 6.45) is 1.83. The van der Waals surface area contributed by atoms with Gasteiger partial charge in [-0.1, -0.05) is 43.7 Å². The van der Waals surface area contributed by atoms with Crippen molar-refractivity contribution in [2.45, 2.75) is 34.2 Å². The SMILES string of the molecule is Cc1cccc(/C=C2\Oc3c4c(cc(C)c3C2=O)OCN(CC(C)C)C4)c1. The van der Waals surface area contributed by atoms with Gasteiger partial charge in [-0.05, 0) is 43.0 Å². The highest BCUT2D eigenvalue weighted by Crippen LogP contribution is 2.44. The quantitative estimate of drug-likeness (QED) is 0.739. The van der Waals surface area contributed by atoms with Crippen LogP contribution in [0.25, 0.3) is 6.08 Å². The molecule has 0 bridgehead atoms. The zero-order chi connectivity index (χ0) is 19.1. The fourth-order valence-corrected chi connectivity index (χ4v) is 3.82. The van der Waals surface area contributed by atoms with Crippen LogP contribution in [0.5, 0.6) is 11.5 Å². The number of aryl methyl sites for hydroxylation is 2. The lowest BCUT2D eigenvalue weighted by molar-refractivity contribution is 0.0831. The van der Waals surface area contributed by atoms with Crippen molar-refractivity contribution in [3.05, 3.63) is 63.9 Å². The van der Waals surface area contributed by atoms with E-state index in [1.165, 1.54) is 0 Å². The molecule has 0 saturated heterocycles. The van der Waals surface area contributed by atoms with Crippen molar-refractivity contribution in [1.82, 2.24) is 4.90 Å². The number of hydrogen-bond acceptors (Lipinski definition) is 4. The van der Waals surface area contributed by atoms with E-state index in [1.54, 1.807) is 0 Å². The second kappa shape index (κ2) is 6.86. The Hall–Kier alpha value is -2.59. The first-order valence-corrected chi connectivity index (χ1v) is 9.45. The number of hydrogen-bond donors (Lipinski definition) is 0. The van der Waals surface area contributed by atoms with Crippen LogP contribution in [-0.4, -0.2) is 24.0 Å². The molecule has 0 aromatic heterocycles. The van der Waals surface area contributed by atoms with Crippen LogP contribution in [-0.2, 0) is 6.54 Å². The van der Waals surface area contributed by atoms with Gasteiger partial charge in [-0.3, -0.25) is 9.69 Å². The summed E-state index contributed by atoms with van der Waals surface area (Å²) in [6, 6.07) is 10.0. The number of rotatable bonds is 3. The number of ketones is 1. The van der Waals surface area contributed by atoms with Crippen molar-refractivity contribution in [3.8, 4) is 11.5 Å². The third-order valence-corrected chi connectivity index (χ3v) is 4.95. The molecule has 0 spiro atoms. The minimum atomic E-state index is -0.0483. The maximum Gasteiger partial charge on any atom is 0.232 e. The molecule has 4 heteroatoms. The van der Waals surface area contributed by atoms with Crippen LogP contribution in [0.4, 0.5) is 0 Å². The number of nitrogens with zero attached hydrogens (tertiary/aromatic N) is 1. The highest BCUT2D eigenvalue weighted by molar-refractivity contribution is 6.15. The van der Waals surface area contributed by atoms with E-state index in [9.17, 15) is 4.79 Å². The van der Waals surface area contributed by atoms with Crippen LogP contribution in [0.3, 0.4) is 0 Å². The van der Waals surface area contributed by atoms with Crippen LogP contribution in [0.2, 0.25) is 0 Å². The predicted molar refractivity (Wildman–Crippen MR) is 106 cm³/mol. The number of carbonyl (C=O) groups is 1. The number of benzene rings is 2. The summed E-state index contributed by atoms with van der Waals surface area (Å²) in [4.78, 5) is 15.3. The van der Waals surface area contributed by atoms with Gasteiger partial charge < -0.3 is 9.47 Å². The second-order valence-corrected chi connectivity index (χ2v) is 7.91. The molecule has 0 fully saturated rings. The van der Waals surface area contributed by atoms with E-state index in [0.717, 1.165) is 41.1 Å². The first-order valence-electron chi connectivity index (χ1n) is 9.45. The molecule has 0 saturated carbocycles. The molecule has 0 aliphatic carbocycles. The molecule has 4 rings (SSSR count). The van der Waals surface area contributed by atoms with Gasteiger partial charge in [0.15, 0.2) is 5.76 Å². The smallest absolute Gasteiger partial charge is 0.232 e. The Morgan fingerprint density at radius 2 is 2.04 bits per heavy atom. The normalized spacial score (nSPS) is 17.7. The Bertz CT molecular complexity index is 943. The molecule has 2 aromatic rings. The lowest BCUT2D eigenvalue weighted by Crippen LogP contribution is -2.35. The predicted octanol–water partition coefficient (Wildman–Crippen LogP) is 4.73. The number of fused-ring (bicyclic) bond motifs is 3. The molecule has 0 unspecified atom stereocenters. The van der Waals surface area contributed by atoms with Crippen LogP contribution < -0.4 is 9.47 Å². The van der Waals surface area contributed by atoms with Crippen LogP contribution in [0.15, 0.2) is 36.1 Å². The van der Waals surface area contributed by atoms with E-state index in [1.807, 2.05) is 50.3 Å². The third-order valence-electron chi connectivity index (χ3n) is 4.95. The van der Waals surface area contributed by atoms with E-state index in [4.69, 9.17) is 9.47 Å². The molecule has 2 aliphatic rings. The van der Waals surface area contributed by atoms with Gasteiger partial charge in [-0.15, -0.1) is 0 Å². The molecule has 0 atom stereocenters. The molecule has 27 heavy (non-hydrogen) atoms. The molecule has 4 nitrogen and oxygen atoms in total. The number of allylic oxidation sites excluding steroid dienone is 1. The molecule has 0 N–H and O–H groups in total. The number of ether oxygens (including phenoxy) is 2. The van der Waals surface area contributed by atoms with E-state index in [2.05, 4.69) is 18.7 Å². The Balaban J connectivity index is 1.72. The van der Waals surface area contributed by atoms with Crippen molar-refractivity contribution < 1.29 is 14.3 Å². The summed E-state index contributed by atoms with van der Waals surface area (Å²) in [5.74, 6) is 2.38. The average molecular weight is 363 g/mol. The van der Waals surface area contributed by atoms with Gasteiger partial charge in [0, 0.05) is 13.1 Å². The van der Waals surface area contributed by atoms with Gasteiger partial charge in [0.2, 0.25) is 5.78 Å². The van der Waals surface area contributed by atoms with Crippen molar-refractivity contribution in [2.75, 3.05) is 13.3 Å². The average Bonchev–Trinajstić information content (AvgIpc) is 2.93. The van der Waals surface area contributed by atoms with Gasteiger partial charge in [0.05, 0.1) is 11.1 Å². The van der Waals surface area contributed by atoms with Gasteiger partial charge >= 0.3 is 0 Å². The van der Waals surface area contributed by atoms with Gasteiger partial charge in [0.25, 0.3) is 0 Å². The van der Waals surface area contributed by atoms with Crippen LogP contribution in [0, 0.1) is 19.8 Å². The number of Topliss-reactive ketones (excluding diaryl/α,β-unsaturated/α-hetero) is 1. The Morgan fingerprint density at radius 1 is 1.22 bits per heavy atom. The maximum absolute atomic E-state index is 13.0. The summed E-state index contributed by atoms with van der Waals surface area (Å²) in [5, 5.41) is 0. The van der Waals surface area contributed by atoms with E-state index >= 15 is 0 Å². The molecule has 2 aliphatic heterocycles. The Morgan fingerprint density at radius 3 is 2.78 bits per heavy atom. The molecule has 0 amide bonds. The van der Waals surface area contributed by atoms with E-state index in [-0.39, 0.29) is 5.78 Å². The van der Waals surface area contributed by atoms with Crippen LogP contribution in [0.1, 0.15) is 46.5 Å². The highest BCUT2D eigenvalue weighted by Gasteiger charge is 2.35. The fraction of sp³-hybridized carbons (Fsp3) is 0.348. The first kappa shape index (κ1) is 17.8. The second-order valence-electron chi connectivity index (χ2n) is 7.91. The lowest BCUT2D eigenvalue weighted by atomic mass is 9.98. The van der Waals surface area contributed by atoms with Crippen molar-refractivity contribution in [3.63, 3.8) is 0 Å². The van der Waals surface area contributed by atoms with E-state index in [0.29, 0.717) is 29.7 Å². The first-order chi connectivity index (χ1) is 12.9.